The largest absolute Gasteiger partial charge is 0.444 e. The molecule has 4 rings (SSSR count). The van der Waals surface area contributed by atoms with E-state index in [0.717, 1.165) is 25.9 Å². The van der Waals surface area contributed by atoms with Gasteiger partial charge in [-0.15, -0.1) is 0 Å². The van der Waals surface area contributed by atoms with Gasteiger partial charge in [0, 0.05) is 32.7 Å². The Balaban J connectivity index is 1.25. The van der Waals surface area contributed by atoms with Crippen LogP contribution >= 0.6 is 0 Å². The van der Waals surface area contributed by atoms with Crippen molar-refractivity contribution < 1.29 is 23.9 Å². The fourth-order valence-electron chi connectivity index (χ4n) is 4.66. The zero-order chi connectivity index (χ0) is 22.9. The van der Waals surface area contributed by atoms with Crippen molar-refractivity contribution >= 4 is 17.9 Å². The highest BCUT2D eigenvalue weighted by Gasteiger charge is 2.38. The first-order chi connectivity index (χ1) is 15.2. The maximum atomic E-state index is 12.6. The highest BCUT2D eigenvalue weighted by Crippen LogP contribution is 2.25. The Morgan fingerprint density at radius 1 is 1.03 bits per heavy atom. The van der Waals surface area contributed by atoms with Gasteiger partial charge in [0.05, 0.1) is 30.4 Å². The summed E-state index contributed by atoms with van der Waals surface area (Å²) in [7, 11) is 0. The third-order valence-electron chi connectivity index (χ3n) is 6.27. The minimum absolute atomic E-state index is 0.187. The normalized spacial score (nSPS) is 22.9. The van der Waals surface area contributed by atoms with Gasteiger partial charge in [0.25, 0.3) is 11.8 Å². The summed E-state index contributed by atoms with van der Waals surface area (Å²) in [5.41, 5.74) is 0.472. The number of carbonyl (C=O) groups is 3. The van der Waals surface area contributed by atoms with Gasteiger partial charge < -0.3 is 14.4 Å². The van der Waals surface area contributed by atoms with E-state index >= 15 is 0 Å². The average Bonchev–Trinajstić information content (AvgIpc) is 2.98. The van der Waals surface area contributed by atoms with Gasteiger partial charge in [-0.1, -0.05) is 12.1 Å². The molecule has 3 heterocycles. The van der Waals surface area contributed by atoms with E-state index in [1.54, 1.807) is 29.2 Å². The van der Waals surface area contributed by atoms with Crippen LogP contribution in [0.5, 0.6) is 0 Å². The summed E-state index contributed by atoms with van der Waals surface area (Å²) in [6, 6.07) is 6.96. The van der Waals surface area contributed by atoms with E-state index in [1.807, 2.05) is 20.8 Å². The maximum Gasteiger partial charge on any atom is 0.410 e. The van der Waals surface area contributed by atoms with Gasteiger partial charge in [-0.05, 0) is 51.7 Å². The third-order valence-corrected chi connectivity index (χ3v) is 6.27. The molecule has 3 aliphatic heterocycles. The van der Waals surface area contributed by atoms with Crippen LogP contribution in [0.1, 0.15) is 54.3 Å². The summed E-state index contributed by atoms with van der Waals surface area (Å²) in [5, 5.41) is 0. The summed E-state index contributed by atoms with van der Waals surface area (Å²) in [6.45, 7) is 10.4. The zero-order valence-corrected chi connectivity index (χ0v) is 19.2. The van der Waals surface area contributed by atoms with Crippen molar-refractivity contribution in [1.82, 2.24) is 14.7 Å². The van der Waals surface area contributed by atoms with Gasteiger partial charge in [0.2, 0.25) is 0 Å². The third kappa shape index (κ3) is 5.13. The molecule has 2 saturated heterocycles. The molecular formula is C24H33N3O5. The first kappa shape index (κ1) is 22.7. The first-order valence-electron chi connectivity index (χ1n) is 11.5. The Morgan fingerprint density at radius 2 is 1.66 bits per heavy atom. The van der Waals surface area contributed by atoms with Crippen LogP contribution < -0.4 is 0 Å². The summed E-state index contributed by atoms with van der Waals surface area (Å²) in [6.07, 6.45) is 1.47. The molecule has 0 N–H and O–H groups in total. The van der Waals surface area contributed by atoms with Gasteiger partial charge in [0.15, 0.2) is 0 Å². The molecule has 0 aromatic heterocycles. The molecule has 3 amide bonds. The van der Waals surface area contributed by atoms with Gasteiger partial charge >= 0.3 is 6.09 Å². The predicted octanol–water partition coefficient (Wildman–Crippen LogP) is 2.63. The fraction of sp³-hybridized carbons (Fsp3) is 0.625. The molecule has 174 valence electrons. The van der Waals surface area contributed by atoms with Gasteiger partial charge in [-0.2, -0.15) is 0 Å². The number of ether oxygens (including phenoxy) is 2. The molecule has 0 aliphatic carbocycles. The summed E-state index contributed by atoms with van der Waals surface area (Å²) in [5.74, 6) is 0.0356. The number of piperidine rings is 1. The minimum atomic E-state index is -0.476. The topological polar surface area (TPSA) is 79.4 Å². The lowest BCUT2D eigenvalue weighted by atomic mass is 9.96. The molecule has 0 saturated carbocycles. The predicted molar refractivity (Wildman–Crippen MR) is 119 cm³/mol. The second kappa shape index (κ2) is 9.19. The van der Waals surface area contributed by atoms with Crippen LogP contribution in [0.2, 0.25) is 0 Å². The number of benzene rings is 1. The van der Waals surface area contributed by atoms with Crippen molar-refractivity contribution in [3.05, 3.63) is 35.4 Å². The molecule has 1 aromatic carbocycles. The standard InChI is InChI=1S/C24H33N3O5/c1-24(2,3)32-23(30)26-10-8-17(9-11-26)14-25-12-13-31-18(15-25)16-27-21(28)19-6-4-5-7-20(19)22(27)29/h4-7,17-18H,8-16H2,1-3H3. The molecule has 0 radical (unpaired) electrons. The number of carbonyl (C=O) groups excluding carboxylic acids is 3. The minimum Gasteiger partial charge on any atom is -0.444 e. The molecule has 8 nitrogen and oxygen atoms in total. The number of amides is 3. The highest BCUT2D eigenvalue weighted by atomic mass is 16.6. The van der Waals surface area contributed by atoms with E-state index < -0.39 is 5.60 Å². The van der Waals surface area contributed by atoms with E-state index in [4.69, 9.17) is 9.47 Å². The summed E-state index contributed by atoms with van der Waals surface area (Å²) in [4.78, 5) is 43.0. The summed E-state index contributed by atoms with van der Waals surface area (Å²) >= 11 is 0. The Hall–Kier alpha value is -2.45. The second-order valence-electron chi connectivity index (χ2n) is 9.93. The lowest BCUT2D eigenvalue weighted by Gasteiger charge is -2.38. The summed E-state index contributed by atoms with van der Waals surface area (Å²) < 4.78 is 11.4. The van der Waals surface area contributed by atoms with Crippen LogP contribution in [-0.4, -0.2) is 90.2 Å². The molecular weight excluding hydrogens is 410 g/mol. The molecule has 8 heteroatoms. The van der Waals surface area contributed by atoms with E-state index in [9.17, 15) is 14.4 Å². The van der Waals surface area contributed by atoms with E-state index in [1.165, 1.54) is 4.90 Å². The van der Waals surface area contributed by atoms with Crippen LogP contribution in [0.25, 0.3) is 0 Å². The Morgan fingerprint density at radius 3 is 2.25 bits per heavy atom. The van der Waals surface area contributed by atoms with Crippen molar-refractivity contribution in [2.75, 3.05) is 45.9 Å². The Bertz CT molecular complexity index is 838. The van der Waals surface area contributed by atoms with Crippen molar-refractivity contribution in [2.45, 2.75) is 45.3 Å². The van der Waals surface area contributed by atoms with Gasteiger partial charge in [-0.25, -0.2) is 4.79 Å². The fourth-order valence-corrected chi connectivity index (χ4v) is 4.66. The zero-order valence-electron chi connectivity index (χ0n) is 19.2. The van der Waals surface area contributed by atoms with Crippen molar-refractivity contribution in [3.8, 4) is 0 Å². The number of hydrogen-bond donors (Lipinski definition) is 0. The van der Waals surface area contributed by atoms with Crippen LogP contribution in [-0.2, 0) is 9.47 Å². The van der Waals surface area contributed by atoms with Crippen LogP contribution in [0.4, 0.5) is 4.79 Å². The average molecular weight is 444 g/mol. The van der Waals surface area contributed by atoms with Crippen molar-refractivity contribution in [1.29, 1.82) is 0 Å². The van der Waals surface area contributed by atoms with E-state index in [2.05, 4.69) is 4.90 Å². The van der Waals surface area contributed by atoms with Gasteiger partial charge in [-0.3, -0.25) is 19.4 Å². The molecule has 0 spiro atoms. The SMILES string of the molecule is CC(C)(C)OC(=O)N1CCC(CN2CCOC(CN3C(=O)c4ccccc4C3=O)C2)CC1. The number of morpholine rings is 1. The van der Waals surface area contributed by atoms with E-state index in [0.29, 0.717) is 43.3 Å². The lowest BCUT2D eigenvalue weighted by molar-refractivity contribution is -0.0440. The van der Waals surface area contributed by atoms with Gasteiger partial charge in [0.1, 0.15) is 5.60 Å². The van der Waals surface area contributed by atoms with Crippen LogP contribution in [0, 0.1) is 5.92 Å². The quantitative estimate of drug-likeness (QED) is 0.666. The molecule has 1 unspecified atom stereocenters. The molecule has 1 aromatic rings. The molecule has 3 aliphatic rings. The number of imide groups is 1. The second-order valence-corrected chi connectivity index (χ2v) is 9.93. The number of rotatable bonds is 4. The maximum absolute atomic E-state index is 12.6. The first-order valence-corrected chi connectivity index (χ1v) is 11.5. The lowest BCUT2D eigenvalue weighted by Crippen LogP contribution is -2.50. The number of fused-ring (bicyclic) bond motifs is 1. The van der Waals surface area contributed by atoms with Crippen LogP contribution in [0.3, 0.4) is 0 Å². The number of hydrogen-bond acceptors (Lipinski definition) is 6. The monoisotopic (exact) mass is 443 g/mol. The Labute approximate surface area is 189 Å². The number of nitrogens with zero attached hydrogens (tertiary/aromatic N) is 3. The molecule has 0 bridgehead atoms. The highest BCUT2D eigenvalue weighted by molar-refractivity contribution is 6.21. The Kier molecular flexibility index (Phi) is 6.53. The van der Waals surface area contributed by atoms with Crippen molar-refractivity contribution in [3.63, 3.8) is 0 Å². The van der Waals surface area contributed by atoms with E-state index in [-0.39, 0.29) is 30.6 Å². The molecule has 32 heavy (non-hydrogen) atoms. The molecule has 1 atom stereocenters. The molecule has 2 fully saturated rings. The van der Waals surface area contributed by atoms with Crippen molar-refractivity contribution in [2.24, 2.45) is 5.92 Å². The van der Waals surface area contributed by atoms with Crippen LogP contribution in [0.15, 0.2) is 24.3 Å². The number of likely N-dealkylation sites (tertiary alicyclic amines) is 1. The smallest absolute Gasteiger partial charge is 0.410 e.